The van der Waals surface area contributed by atoms with Crippen molar-refractivity contribution in [2.24, 2.45) is 11.8 Å². The van der Waals surface area contributed by atoms with Gasteiger partial charge in [0.1, 0.15) is 0 Å². The second-order valence-corrected chi connectivity index (χ2v) is 4.09. The van der Waals surface area contributed by atoms with E-state index in [9.17, 15) is 0 Å². The summed E-state index contributed by atoms with van der Waals surface area (Å²) < 4.78 is 0. The maximum atomic E-state index is 4.07. The van der Waals surface area contributed by atoms with E-state index in [1.165, 1.54) is 16.8 Å². The largest absolute Gasteiger partial charge is 0.384 e. The van der Waals surface area contributed by atoms with Gasteiger partial charge in [-0.15, -0.1) is 0 Å². The van der Waals surface area contributed by atoms with Crippen LogP contribution in [0.5, 0.6) is 0 Å². The Morgan fingerprint density at radius 2 is 1.75 bits per heavy atom. The highest BCUT2D eigenvalue weighted by Gasteiger charge is 2.21. The summed E-state index contributed by atoms with van der Waals surface area (Å²) in [4.78, 5) is 0. The lowest BCUT2D eigenvalue weighted by Gasteiger charge is -2.13. The Bertz CT molecular complexity index is 221. The van der Waals surface area contributed by atoms with Crippen molar-refractivity contribution in [3.05, 3.63) is 23.4 Å². The predicted molar refractivity (Wildman–Crippen MR) is 53.8 cm³/mol. The maximum Gasteiger partial charge on any atom is 0.0395 e. The normalized spacial score (nSPS) is 18.0. The van der Waals surface area contributed by atoms with E-state index in [0.29, 0.717) is 11.8 Å². The summed E-state index contributed by atoms with van der Waals surface area (Å²) in [5, 5.41) is 3.42. The second kappa shape index (κ2) is 3.34. The Kier molecular flexibility index (Phi) is 2.61. The Hall–Kier alpha value is -0.720. The summed E-state index contributed by atoms with van der Waals surface area (Å²) in [6, 6.07) is 0. The molecule has 0 fully saturated rings. The first-order chi connectivity index (χ1) is 5.54. The van der Waals surface area contributed by atoms with E-state index < -0.39 is 0 Å². The van der Waals surface area contributed by atoms with Crippen LogP contribution in [0.25, 0.3) is 0 Å². The minimum absolute atomic E-state index is 0.599. The van der Waals surface area contributed by atoms with Gasteiger partial charge in [0.05, 0.1) is 0 Å². The topological polar surface area (TPSA) is 12.0 Å². The van der Waals surface area contributed by atoms with Crippen molar-refractivity contribution in [1.82, 2.24) is 5.32 Å². The zero-order chi connectivity index (χ0) is 9.30. The summed E-state index contributed by atoms with van der Waals surface area (Å²) in [6.07, 6.45) is 0. The molecule has 0 saturated heterocycles. The van der Waals surface area contributed by atoms with E-state index in [0.717, 1.165) is 6.54 Å². The first-order valence-electron chi connectivity index (χ1n) is 4.70. The molecule has 1 aliphatic rings. The summed E-state index contributed by atoms with van der Waals surface area (Å²) in [7, 11) is 0. The highest BCUT2D eigenvalue weighted by atomic mass is 14.9. The average molecular weight is 165 g/mol. The highest BCUT2D eigenvalue weighted by molar-refractivity contribution is 5.41. The van der Waals surface area contributed by atoms with Gasteiger partial charge in [-0.2, -0.15) is 0 Å². The number of hydrogen-bond donors (Lipinski definition) is 1. The Morgan fingerprint density at radius 1 is 1.17 bits per heavy atom. The molecule has 0 aromatic carbocycles. The number of nitrogens with one attached hydrogen (secondary N) is 1. The van der Waals surface area contributed by atoms with Gasteiger partial charge < -0.3 is 5.32 Å². The molecule has 0 saturated carbocycles. The zero-order valence-corrected chi connectivity index (χ0v) is 8.57. The molecule has 0 aliphatic carbocycles. The second-order valence-electron chi connectivity index (χ2n) is 4.09. The molecule has 1 rings (SSSR count). The Morgan fingerprint density at radius 3 is 2.08 bits per heavy atom. The predicted octanol–water partition coefficient (Wildman–Crippen LogP) is 2.71. The van der Waals surface area contributed by atoms with E-state index in [-0.39, 0.29) is 0 Å². The summed E-state index contributed by atoms with van der Waals surface area (Å²) in [5.74, 6) is 1.20. The van der Waals surface area contributed by atoms with Gasteiger partial charge in [-0.3, -0.25) is 0 Å². The van der Waals surface area contributed by atoms with E-state index in [1.807, 2.05) is 0 Å². The SMILES string of the molecule is C=C1CNC(C(C)C)=C1C(C)C. The van der Waals surface area contributed by atoms with Crippen LogP contribution in [0.2, 0.25) is 0 Å². The monoisotopic (exact) mass is 165 g/mol. The molecule has 1 nitrogen and oxygen atoms in total. The van der Waals surface area contributed by atoms with Crippen molar-refractivity contribution in [2.45, 2.75) is 27.7 Å². The van der Waals surface area contributed by atoms with Crippen LogP contribution < -0.4 is 5.32 Å². The summed E-state index contributed by atoms with van der Waals surface area (Å²) in [6.45, 7) is 13.9. The van der Waals surface area contributed by atoms with Crippen molar-refractivity contribution in [1.29, 1.82) is 0 Å². The van der Waals surface area contributed by atoms with Crippen LogP contribution in [0.4, 0.5) is 0 Å². The van der Waals surface area contributed by atoms with Crippen molar-refractivity contribution >= 4 is 0 Å². The average Bonchev–Trinajstić information content (AvgIpc) is 2.30. The van der Waals surface area contributed by atoms with Crippen LogP contribution in [0.15, 0.2) is 23.4 Å². The summed E-state index contributed by atoms with van der Waals surface area (Å²) in [5.41, 5.74) is 4.12. The third-order valence-electron chi connectivity index (χ3n) is 2.32. The first kappa shape index (κ1) is 9.37. The van der Waals surface area contributed by atoms with Crippen LogP contribution in [-0.2, 0) is 0 Å². The smallest absolute Gasteiger partial charge is 0.0395 e. The number of allylic oxidation sites excluding steroid dienone is 1. The number of rotatable bonds is 2. The molecule has 0 aromatic rings. The van der Waals surface area contributed by atoms with E-state index >= 15 is 0 Å². The van der Waals surface area contributed by atoms with Crippen LogP contribution in [0.1, 0.15) is 27.7 Å². The van der Waals surface area contributed by atoms with E-state index in [1.54, 1.807) is 0 Å². The Labute approximate surface area is 75.6 Å². The standard InChI is InChI=1S/C11H19N/c1-7(2)10-9(5)6-12-11(10)8(3)4/h7-8,12H,5-6H2,1-4H3. The molecule has 0 atom stereocenters. The van der Waals surface area contributed by atoms with Gasteiger partial charge in [0, 0.05) is 12.2 Å². The third-order valence-corrected chi connectivity index (χ3v) is 2.32. The molecular weight excluding hydrogens is 146 g/mol. The molecular formula is C11H19N. The molecule has 0 bridgehead atoms. The van der Waals surface area contributed by atoms with Crippen LogP contribution >= 0.6 is 0 Å². The molecule has 12 heavy (non-hydrogen) atoms. The van der Waals surface area contributed by atoms with Gasteiger partial charge in [0.25, 0.3) is 0 Å². The van der Waals surface area contributed by atoms with Crippen molar-refractivity contribution in [3.63, 3.8) is 0 Å². The lowest BCUT2D eigenvalue weighted by atomic mass is 9.93. The van der Waals surface area contributed by atoms with Crippen LogP contribution in [0.3, 0.4) is 0 Å². The fourth-order valence-electron chi connectivity index (χ4n) is 1.82. The molecule has 1 heterocycles. The molecule has 68 valence electrons. The van der Waals surface area contributed by atoms with Gasteiger partial charge in [0.2, 0.25) is 0 Å². The first-order valence-corrected chi connectivity index (χ1v) is 4.70. The molecule has 0 radical (unpaired) electrons. The van der Waals surface area contributed by atoms with E-state index in [4.69, 9.17) is 0 Å². The molecule has 1 N–H and O–H groups in total. The molecule has 0 amide bonds. The minimum atomic E-state index is 0.599. The molecule has 0 aromatic heterocycles. The zero-order valence-electron chi connectivity index (χ0n) is 8.57. The maximum absolute atomic E-state index is 4.07. The third kappa shape index (κ3) is 1.55. The fourth-order valence-corrected chi connectivity index (χ4v) is 1.82. The molecule has 0 spiro atoms. The lowest BCUT2D eigenvalue weighted by molar-refractivity contribution is 0.672. The van der Waals surface area contributed by atoms with Crippen molar-refractivity contribution in [3.8, 4) is 0 Å². The van der Waals surface area contributed by atoms with E-state index in [2.05, 4.69) is 39.6 Å². The molecule has 1 aliphatic heterocycles. The van der Waals surface area contributed by atoms with Gasteiger partial charge in [0.15, 0.2) is 0 Å². The van der Waals surface area contributed by atoms with Crippen LogP contribution in [0, 0.1) is 11.8 Å². The lowest BCUT2D eigenvalue weighted by Crippen LogP contribution is -2.12. The van der Waals surface area contributed by atoms with Gasteiger partial charge in [-0.25, -0.2) is 0 Å². The highest BCUT2D eigenvalue weighted by Crippen LogP contribution is 2.29. The number of hydrogen-bond acceptors (Lipinski definition) is 1. The molecule has 0 unspecified atom stereocenters. The fraction of sp³-hybridized carbons (Fsp3) is 0.636. The van der Waals surface area contributed by atoms with Gasteiger partial charge in [-0.1, -0.05) is 34.3 Å². The summed E-state index contributed by atoms with van der Waals surface area (Å²) >= 11 is 0. The van der Waals surface area contributed by atoms with Gasteiger partial charge in [-0.05, 0) is 23.0 Å². The van der Waals surface area contributed by atoms with Gasteiger partial charge >= 0.3 is 0 Å². The van der Waals surface area contributed by atoms with Crippen LogP contribution in [-0.4, -0.2) is 6.54 Å². The minimum Gasteiger partial charge on any atom is -0.384 e. The quantitative estimate of drug-likeness (QED) is 0.663. The van der Waals surface area contributed by atoms with Crippen molar-refractivity contribution in [2.75, 3.05) is 6.54 Å². The molecule has 1 heteroatoms. The van der Waals surface area contributed by atoms with Crippen molar-refractivity contribution < 1.29 is 0 Å². The Balaban J connectivity index is 2.98.